The number of carbonyl (C=O) groups is 4. The molecule has 14 heteroatoms. The van der Waals surface area contributed by atoms with Crippen LogP contribution in [0.1, 0.15) is 125 Å². The molecule has 0 aromatic carbocycles. The third-order valence-corrected chi connectivity index (χ3v) is 14.3. The summed E-state index contributed by atoms with van der Waals surface area (Å²) in [7, 11) is 0. The number of fused-ring (bicyclic) bond motifs is 4. The first kappa shape index (κ1) is 37.9. The second-order valence-corrected chi connectivity index (χ2v) is 17.8. The zero-order valence-electron chi connectivity index (χ0n) is 31.8. The van der Waals surface area contributed by atoms with E-state index in [1.165, 1.54) is 0 Å². The van der Waals surface area contributed by atoms with Crippen molar-refractivity contribution in [2.45, 2.75) is 173 Å². The van der Waals surface area contributed by atoms with Crippen LogP contribution in [0.3, 0.4) is 0 Å². The molecule has 10 aliphatic rings. The van der Waals surface area contributed by atoms with Crippen molar-refractivity contribution in [2.24, 2.45) is 47.3 Å². The van der Waals surface area contributed by atoms with Crippen molar-refractivity contribution in [3.05, 3.63) is 0 Å². The summed E-state index contributed by atoms with van der Waals surface area (Å²) in [5, 5.41) is 0. The lowest BCUT2D eigenvalue weighted by molar-refractivity contribution is -0.576. The van der Waals surface area contributed by atoms with Crippen LogP contribution in [0.2, 0.25) is 0 Å². The van der Waals surface area contributed by atoms with E-state index in [0.717, 1.165) is 38.5 Å². The molecule has 8 aliphatic heterocycles. The molecule has 53 heavy (non-hydrogen) atoms. The SMILES string of the molecule is C[C@H]1[C@H](OC(=O)CCC(=O)CC(=O)CCC(=O)O[C@@H]2O[C@@H]3O[C@]4(C)CC[C@H]5[C@H](C)CC[C@@H]([C@H]2C)[C@@]35OO4)O[C@@H]2O[C@]3(C)CC[C@H]4[C@H](C)CC[C@@H]1[C@@]24OO3. The van der Waals surface area contributed by atoms with Gasteiger partial charge >= 0.3 is 11.9 Å². The first-order valence-corrected chi connectivity index (χ1v) is 20.0. The summed E-state index contributed by atoms with van der Waals surface area (Å²) in [4.78, 5) is 75.4. The molecule has 14 nitrogen and oxygen atoms in total. The Morgan fingerprint density at radius 3 is 1.38 bits per heavy atom. The molecule has 0 amide bonds. The molecular formula is C39H56O14. The topological polar surface area (TPSA) is 161 Å². The number of hydrogen-bond acceptors (Lipinski definition) is 14. The van der Waals surface area contributed by atoms with Gasteiger partial charge in [0.25, 0.3) is 0 Å². The molecule has 0 aromatic rings. The summed E-state index contributed by atoms with van der Waals surface area (Å²) in [5.74, 6) is -3.10. The minimum Gasteiger partial charge on any atom is -0.435 e. The van der Waals surface area contributed by atoms with Crippen molar-refractivity contribution >= 4 is 23.5 Å². The standard InChI is InChI=1S/C39H56O14/c1-20-7-11-28-22(3)32(46-34-38(28)26(20)15-17-36(5,48-34)50-52-38)44-30(42)13-9-24(40)19-25(41)10-14-31(43)45-33-23(4)29-12-8-21(2)27-16-18-37(6)49-35(47-33)39(27,29)53-51-37/h20-23,26-29,32-35H,7-19H2,1-6H3/t20-,21-,22-,23-,26+,27+,28+,29+,32-,33-,34-,35-,36+,37+,38-,39-/m1/s1. The molecule has 0 radical (unpaired) electrons. The van der Waals surface area contributed by atoms with Crippen LogP contribution in [0.4, 0.5) is 0 Å². The highest BCUT2D eigenvalue weighted by Crippen LogP contribution is 2.62. The average molecular weight is 749 g/mol. The average Bonchev–Trinajstić information content (AvgIpc) is 3.49. The third-order valence-electron chi connectivity index (χ3n) is 14.3. The molecule has 0 aromatic heterocycles. The number of ketones is 2. The maximum absolute atomic E-state index is 13.0. The highest BCUT2D eigenvalue weighted by Gasteiger charge is 2.71. The van der Waals surface area contributed by atoms with Crippen LogP contribution < -0.4 is 0 Å². The van der Waals surface area contributed by atoms with E-state index < -0.39 is 71.4 Å². The molecule has 16 atom stereocenters. The monoisotopic (exact) mass is 748 g/mol. The smallest absolute Gasteiger partial charge is 0.308 e. The van der Waals surface area contributed by atoms with E-state index in [1.54, 1.807) is 0 Å². The number of esters is 2. The Labute approximate surface area is 310 Å². The Morgan fingerprint density at radius 2 is 0.962 bits per heavy atom. The minimum absolute atomic E-state index is 0.00545. The van der Waals surface area contributed by atoms with E-state index in [9.17, 15) is 19.2 Å². The Morgan fingerprint density at radius 1 is 0.547 bits per heavy atom. The molecule has 10 rings (SSSR count). The van der Waals surface area contributed by atoms with Gasteiger partial charge in [-0.05, 0) is 76.0 Å². The number of Topliss-reactive ketones (excluding diaryl/α,β-unsaturated/α-hetero) is 2. The number of carbonyl (C=O) groups excluding carboxylic acids is 4. The predicted molar refractivity (Wildman–Crippen MR) is 179 cm³/mol. The van der Waals surface area contributed by atoms with E-state index >= 15 is 0 Å². The van der Waals surface area contributed by atoms with Gasteiger partial charge in [0.05, 0.1) is 19.3 Å². The Hall–Kier alpha value is -2.04. The third kappa shape index (κ3) is 6.40. The lowest BCUT2D eigenvalue weighted by Crippen LogP contribution is -2.70. The Kier molecular flexibility index (Phi) is 9.90. The number of hydrogen-bond donors (Lipinski definition) is 0. The minimum atomic E-state index is -0.946. The van der Waals surface area contributed by atoms with Gasteiger partial charge in [-0.25, -0.2) is 19.6 Å². The van der Waals surface area contributed by atoms with Crippen LogP contribution in [-0.4, -0.2) is 71.4 Å². The summed E-state index contributed by atoms with van der Waals surface area (Å²) < 4.78 is 36.8. The largest absolute Gasteiger partial charge is 0.435 e. The Bertz CT molecular complexity index is 1360. The van der Waals surface area contributed by atoms with Gasteiger partial charge in [0.15, 0.2) is 23.8 Å². The molecule has 4 bridgehead atoms. The second kappa shape index (κ2) is 13.9. The van der Waals surface area contributed by atoms with Crippen LogP contribution >= 0.6 is 0 Å². The van der Waals surface area contributed by atoms with Gasteiger partial charge in [-0.2, -0.15) is 0 Å². The van der Waals surface area contributed by atoms with E-state index in [0.29, 0.717) is 24.7 Å². The first-order valence-electron chi connectivity index (χ1n) is 20.0. The van der Waals surface area contributed by atoms with E-state index in [2.05, 4.69) is 13.8 Å². The fraction of sp³-hybridized carbons (Fsp3) is 0.897. The first-order chi connectivity index (χ1) is 25.2. The number of rotatable bonds is 10. The maximum Gasteiger partial charge on any atom is 0.308 e. The van der Waals surface area contributed by atoms with Gasteiger partial charge in [-0.1, -0.05) is 27.7 Å². The molecule has 10 fully saturated rings. The van der Waals surface area contributed by atoms with Gasteiger partial charge in [0.2, 0.25) is 24.2 Å². The van der Waals surface area contributed by atoms with Crippen molar-refractivity contribution in [3.63, 3.8) is 0 Å². The van der Waals surface area contributed by atoms with Gasteiger partial charge in [0, 0.05) is 49.4 Å². The van der Waals surface area contributed by atoms with Crippen LogP contribution in [0.5, 0.6) is 0 Å². The summed E-state index contributed by atoms with van der Waals surface area (Å²) >= 11 is 0. The van der Waals surface area contributed by atoms with Crippen molar-refractivity contribution in [1.82, 2.24) is 0 Å². The van der Waals surface area contributed by atoms with Crippen molar-refractivity contribution in [2.75, 3.05) is 0 Å². The van der Waals surface area contributed by atoms with Crippen molar-refractivity contribution in [1.29, 1.82) is 0 Å². The molecule has 0 unspecified atom stereocenters. The van der Waals surface area contributed by atoms with Crippen LogP contribution in [-0.2, 0) is 67.1 Å². The van der Waals surface area contributed by atoms with E-state index in [4.69, 9.17) is 48.0 Å². The van der Waals surface area contributed by atoms with Crippen molar-refractivity contribution < 1.29 is 67.1 Å². The summed E-state index contributed by atoms with van der Waals surface area (Å²) in [6.45, 7) is 12.1. The Balaban J connectivity index is 0.795. The molecule has 0 N–H and O–H groups in total. The molecule has 2 spiro atoms. The van der Waals surface area contributed by atoms with Crippen molar-refractivity contribution in [3.8, 4) is 0 Å². The highest BCUT2D eigenvalue weighted by atomic mass is 17.3. The fourth-order valence-corrected chi connectivity index (χ4v) is 11.3. The molecule has 2 aliphatic carbocycles. The van der Waals surface area contributed by atoms with Gasteiger partial charge in [-0.3, -0.25) is 19.2 Å². The van der Waals surface area contributed by atoms with Crippen LogP contribution in [0.15, 0.2) is 0 Å². The van der Waals surface area contributed by atoms with Gasteiger partial charge < -0.3 is 28.4 Å². The van der Waals surface area contributed by atoms with Crippen LogP contribution in [0.25, 0.3) is 0 Å². The molecule has 296 valence electrons. The summed E-state index contributed by atoms with van der Waals surface area (Å²) in [6, 6.07) is 0. The van der Waals surface area contributed by atoms with E-state index in [-0.39, 0.29) is 67.6 Å². The zero-order valence-corrected chi connectivity index (χ0v) is 31.8. The molecular weight excluding hydrogens is 692 g/mol. The maximum atomic E-state index is 13.0. The summed E-state index contributed by atoms with van der Waals surface area (Å²) in [6.07, 6.45) is 2.52. The molecule has 8 heterocycles. The lowest BCUT2D eigenvalue weighted by atomic mass is 9.58. The van der Waals surface area contributed by atoms with Gasteiger partial charge in [-0.15, -0.1) is 0 Å². The zero-order chi connectivity index (χ0) is 37.5. The predicted octanol–water partition coefficient (Wildman–Crippen LogP) is 5.58. The van der Waals surface area contributed by atoms with E-state index in [1.807, 2.05) is 27.7 Å². The normalized spacial score (nSPS) is 49.5. The molecule has 8 saturated heterocycles. The molecule has 2 saturated carbocycles. The fourth-order valence-electron chi connectivity index (χ4n) is 11.3. The second-order valence-electron chi connectivity index (χ2n) is 17.8. The summed E-state index contributed by atoms with van der Waals surface area (Å²) in [5.41, 5.74) is -1.54. The highest BCUT2D eigenvalue weighted by molar-refractivity contribution is 6.00. The number of ether oxygens (including phenoxy) is 6. The van der Waals surface area contributed by atoms with Gasteiger partial charge in [0.1, 0.15) is 11.6 Å². The quantitative estimate of drug-likeness (QED) is 0.155. The lowest BCUT2D eigenvalue weighted by Gasteiger charge is -2.59. The van der Waals surface area contributed by atoms with Crippen LogP contribution in [0, 0.1) is 47.3 Å².